The maximum absolute atomic E-state index is 12.8. The molecule has 2 fully saturated rings. The summed E-state index contributed by atoms with van der Waals surface area (Å²) >= 11 is 0. The molecular weight excluding hydrogens is 356 g/mol. The van der Waals surface area contributed by atoms with Crippen LogP contribution in [-0.4, -0.2) is 65.4 Å². The van der Waals surface area contributed by atoms with E-state index in [0.717, 1.165) is 18.4 Å². The minimum Gasteiger partial charge on any atom is -0.352 e. The van der Waals surface area contributed by atoms with E-state index in [1.54, 1.807) is 17.0 Å². The van der Waals surface area contributed by atoms with Crippen molar-refractivity contribution in [2.45, 2.75) is 18.9 Å². The Bertz CT molecular complexity index is 913. The number of H-pyrrole nitrogens is 1. The summed E-state index contributed by atoms with van der Waals surface area (Å²) in [7, 11) is 0. The molecule has 1 aliphatic heterocycles. The smallest absolute Gasteiger partial charge is 0.261 e. The minimum absolute atomic E-state index is 0.0511. The van der Waals surface area contributed by atoms with E-state index in [4.69, 9.17) is 0 Å². The number of nitrogens with zero attached hydrogens (tertiary/aromatic N) is 2. The second-order valence-electron chi connectivity index (χ2n) is 7.39. The summed E-state index contributed by atoms with van der Waals surface area (Å²) in [4.78, 5) is 43.7. The molecule has 2 amide bonds. The van der Waals surface area contributed by atoms with Gasteiger partial charge in [0.05, 0.1) is 6.54 Å². The monoisotopic (exact) mass is 380 g/mol. The molecule has 0 spiro atoms. The van der Waals surface area contributed by atoms with Crippen LogP contribution in [0.15, 0.2) is 47.3 Å². The molecule has 4 rings (SSSR count). The minimum atomic E-state index is -0.377. The number of nitrogens with one attached hydrogen (secondary N) is 2. The van der Waals surface area contributed by atoms with E-state index >= 15 is 0 Å². The second kappa shape index (κ2) is 7.98. The van der Waals surface area contributed by atoms with Crippen molar-refractivity contribution in [3.8, 4) is 11.3 Å². The third-order valence-electron chi connectivity index (χ3n) is 5.19. The quantitative estimate of drug-likeness (QED) is 0.813. The van der Waals surface area contributed by atoms with Crippen molar-refractivity contribution in [1.29, 1.82) is 0 Å². The number of rotatable bonds is 5. The molecule has 1 saturated heterocycles. The van der Waals surface area contributed by atoms with Gasteiger partial charge in [-0.3, -0.25) is 19.3 Å². The van der Waals surface area contributed by atoms with Gasteiger partial charge in [0.25, 0.3) is 11.5 Å². The van der Waals surface area contributed by atoms with Gasteiger partial charge in [0.2, 0.25) is 5.91 Å². The fourth-order valence-corrected chi connectivity index (χ4v) is 3.41. The van der Waals surface area contributed by atoms with Crippen LogP contribution in [0, 0.1) is 0 Å². The van der Waals surface area contributed by atoms with Crippen LogP contribution in [0.5, 0.6) is 0 Å². The summed E-state index contributed by atoms with van der Waals surface area (Å²) < 4.78 is 0. The van der Waals surface area contributed by atoms with Gasteiger partial charge in [0, 0.05) is 37.9 Å². The van der Waals surface area contributed by atoms with Crippen LogP contribution in [0.4, 0.5) is 0 Å². The van der Waals surface area contributed by atoms with Gasteiger partial charge in [-0.1, -0.05) is 30.3 Å². The van der Waals surface area contributed by atoms with E-state index in [1.165, 1.54) is 0 Å². The highest BCUT2D eigenvalue weighted by molar-refractivity contribution is 5.94. The Labute approximate surface area is 163 Å². The third-order valence-corrected chi connectivity index (χ3v) is 5.19. The van der Waals surface area contributed by atoms with Crippen molar-refractivity contribution in [2.24, 2.45) is 0 Å². The maximum atomic E-state index is 12.8. The summed E-state index contributed by atoms with van der Waals surface area (Å²) in [6.45, 7) is 2.64. The van der Waals surface area contributed by atoms with Gasteiger partial charge in [-0.15, -0.1) is 0 Å². The third kappa shape index (κ3) is 4.31. The number of aromatic amines is 1. The fourth-order valence-electron chi connectivity index (χ4n) is 3.41. The van der Waals surface area contributed by atoms with Gasteiger partial charge >= 0.3 is 0 Å². The molecule has 7 heteroatoms. The summed E-state index contributed by atoms with van der Waals surface area (Å²) in [5.74, 6) is -0.210. The molecule has 0 unspecified atom stereocenters. The van der Waals surface area contributed by atoms with Crippen LogP contribution in [-0.2, 0) is 4.79 Å². The number of carbonyl (C=O) groups is 2. The Hall–Kier alpha value is -2.93. The molecular formula is C21H24N4O3. The molecule has 7 nitrogen and oxygen atoms in total. The van der Waals surface area contributed by atoms with Gasteiger partial charge in [-0.25, -0.2) is 0 Å². The highest BCUT2D eigenvalue weighted by atomic mass is 16.2. The number of amides is 2. The highest BCUT2D eigenvalue weighted by Crippen LogP contribution is 2.18. The first kappa shape index (κ1) is 18.4. The normalized spacial score (nSPS) is 17.4. The van der Waals surface area contributed by atoms with Crippen LogP contribution in [0.2, 0.25) is 0 Å². The summed E-state index contributed by atoms with van der Waals surface area (Å²) in [6.07, 6.45) is 2.15. The van der Waals surface area contributed by atoms with Crippen molar-refractivity contribution in [3.63, 3.8) is 0 Å². The van der Waals surface area contributed by atoms with Crippen molar-refractivity contribution in [1.82, 2.24) is 20.1 Å². The lowest BCUT2D eigenvalue weighted by molar-refractivity contribution is -0.122. The Balaban J connectivity index is 1.36. The number of carbonyl (C=O) groups excluding carboxylic acids is 2. The van der Waals surface area contributed by atoms with E-state index in [2.05, 4.69) is 10.3 Å². The molecule has 0 atom stereocenters. The van der Waals surface area contributed by atoms with E-state index < -0.39 is 0 Å². The Kier molecular flexibility index (Phi) is 5.25. The second-order valence-corrected chi connectivity index (χ2v) is 7.39. The van der Waals surface area contributed by atoms with E-state index in [1.807, 2.05) is 35.2 Å². The fraction of sp³-hybridized carbons (Fsp3) is 0.381. The van der Waals surface area contributed by atoms with E-state index in [-0.39, 0.29) is 22.9 Å². The summed E-state index contributed by atoms with van der Waals surface area (Å²) in [5.41, 5.74) is 1.36. The standard InChI is InChI=1S/C21H24N4O3/c26-19(22-16-6-7-16)14-24-10-12-25(13-11-24)21(28)17-8-9-18(23-20(17)27)15-4-2-1-3-5-15/h1-5,8-9,16H,6-7,10-14H2,(H,22,26)(H,23,27). The predicted molar refractivity (Wildman–Crippen MR) is 106 cm³/mol. The van der Waals surface area contributed by atoms with Gasteiger partial charge in [-0.2, -0.15) is 0 Å². The van der Waals surface area contributed by atoms with Crippen molar-refractivity contribution in [3.05, 3.63) is 58.4 Å². The largest absolute Gasteiger partial charge is 0.352 e. The molecule has 2 aliphatic rings. The number of benzene rings is 1. The Morgan fingerprint density at radius 1 is 1.00 bits per heavy atom. The summed E-state index contributed by atoms with van der Waals surface area (Å²) in [5, 5.41) is 2.98. The first-order valence-corrected chi connectivity index (χ1v) is 9.70. The van der Waals surface area contributed by atoms with E-state index in [0.29, 0.717) is 44.5 Å². The van der Waals surface area contributed by atoms with Crippen molar-refractivity contribution >= 4 is 11.8 Å². The molecule has 1 aromatic carbocycles. The van der Waals surface area contributed by atoms with Crippen molar-refractivity contribution in [2.75, 3.05) is 32.7 Å². The van der Waals surface area contributed by atoms with Crippen LogP contribution in [0.3, 0.4) is 0 Å². The van der Waals surface area contributed by atoms with Crippen molar-refractivity contribution < 1.29 is 9.59 Å². The SMILES string of the molecule is O=C(CN1CCN(C(=O)c2ccc(-c3ccccc3)[nH]c2=O)CC1)NC1CC1. The maximum Gasteiger partial charge on any atom is 0.261 e. The number of hydrogen-bond acceptors (Lipinski definition) is 4. The lowest BCUT2D eigenvalue weighted by Gasteiger charge is -2.34. The first-order chi connectivity index (χ1) is 13.6. The average Bonchev–Trinajstić information content (AvgIpc) is 3.52. The van der Waals surface area contributed by atoms with Crippen LogP contribution in [0.25, 0.3) is 11.3 Å². The molecule has 1 aromatic heterocycles. The lowest BCUT2D eigenvalue weighted by atomic mass is 10.1. The molecule has 1 aliphatic carbocycles. The van der Waals surface area contributed by atoms with Gasteiger partial charge in [0.1, 0.15) is 5.56 Å². The zero-order chi connectivity index (χ0) is 19.5. The highest BCUT2D eigenvalue weighted by Gasteiger charge is 2.27. The van der Waals surface area contributed by atoms with Gasteiger partial charge in [0.15, 0.2) is 0 Å². The van der Waals surface area contributed by atoms with E-state index in [9.17, 15) is 14.4 Å². The molecule has 146 valence electrons. The molecule has 1 saturated carbocycles. The lowest BCUT2D eigenvalue weighted by Crippen LogP contribution is -2.51. The summed E-state index contributed by atoms with van der Waals surface area (Å²) in [6, 6.07) is 13.3. The zero-order valence-electron chi connectivity index (χ0n) is 15.7. The topological polar surface area (TPSA) is 85.5 Å². The number of hydrogen-bond donors (Lipinski definition) is 2. The first-order valence-electron chi connectivity index (χ1n) is 9.70. The molecule has 2 heterocycles. The molecule has 0 radical (unpaired) electrons. The zero-order valence-corrected chi connectivity index (χ0v) is 15.7. The molecule has 2 aromatic rings. The molecule has 2 N–H and O–H groups in total. The predicted octanol–water partition coefficient (Wildman–Crippen LogP) is 1.08. The molecule has 0 bridgehead atoms. The van der Waals surface area contributed by atoms with Gasteiger partial charge in [-0.05, 0) is 30.5 Å². The number of aromatic nitrogens is 1. The number of pyridine rings is 1. The van der Waals surface area contributed by atoms with Gasteiger partial charge < -0.3 is 15.2 Å². The Morgan fingerprint density at radius 3 is 2.36 bits per heavy atom. The Morgan fingerprint density at radius 2 is 1.71 bits per heavy atom. The molecule has 28 heavy (non-hydrogen) atoms. The van der Waals surface area contributed by atoms with Crippen LogP contribution >= 0.6 is 0 Å². The van der Waals surface area contributed by atoms with Crippen LogP contribution < -0.4 is 10.9 Å². The van der Waals surface area contributed by atoms with Crippen LogP contribution in [0.1, 0.15) is 23.2 Å². The average molecular weight is 380 g/mol. The number of piperazine rings is 1.